The van der Waals surface area contributed by atoms with Crippen molar-refractivity contribution in [1.29, 1.82) is 0 Å². The van der Waals surface area contributed by atoms with Crippen LogP contribution in [0, 0.1) is 5.92 Å². The van der Waals surface area contributed by atoms with Gasteiger partial charge in [-0.1, -0.05) is 12.1 Å². The molecule has 2 heterocycles. The van der Waals surface area contributed by atoms with Crippen LogP contribution in [0.3, 0.4) is 0 Å². The van der Waals surface area contributed by atoms with Gasteiger partial charge in [-0.2, -0.15) is 0 Å². The van der Waals surface area contributed by atoms with Gasteiger partial charge in [-0.25, -0.2) is 9.97 Å². The molecule has 2 atom stereocenters. The van der Waals surface area contributed by atoms with E-state index in [1.807, 2.05) is 11.8 Å². The van der Waals surface area contributed by atoms with Gasteiger partial charge in [0, 0.05) is 25.5 Å². The van der Waals surface area contributed by atoms with Crippen molar-refractivity contribution in [3.63, 3.8) is 0 Å². The number of hydrogen-bond donors (Lipinski definition) is 3. The molecule has 4 N–H and O–H groups in total. The number of piperidine rings is 1. The molecular weight excluding hydrogens is 234 g/mol. The first-order chi connectivity index (χ1) is 8.63. The molecule has 18 heavy (non-hydrogen) atoms. The van der Waals surface area contributed by atoms with Gasteiger partial charge in [-0.05, 0) is 12.3 Å². The summed E-state index contributed by atoms with van der Waals surface area (Å²) < 4.78 is 0. The third-order valence-electron chi connectivity index (χ3n) is 3.25. The molecule has 0 aromatic carbocycles. The Labute approximate surface area is 105 Å². The van der Waals surface area contributed by atoms with Crippen molar-refractivity contribution >= 4 is 11.7 Å². The molecule has 0 spiro atoms. The van der Waals surface area contributed by atoms with Gasteiger partial charge in [-0.15, -0.1) is 0 Å². The molecule has 7 nitrogen and oxygen atoms in total. The van der Waals surface area contributed by atoms with E-state index in [9.17, 15) is 5.11 Å². The summed E-state index contributed by atoms with van der Waals surface area (Å²) in [6, 6.07) is 0. The van der Waals surface area contributed by atoms with Gasteiger partial charge in [0.25, 0.3) is 0 Å². The summed E-state index contributed by atoms with van der Waals surface area (Å²) in [5.74, 6) is 0.732. The summed E-state index contributed by atoms with van der Waals surface area (Å²) in [4.78, 5) is 10.2. The van der Waals surface area contributed by atoms with Crippen LogP contribution in [-0.4, -0.2) is 45.3 Å². The quantitative estimate of drug-likeness (QED) is 0.290. The molecule has 1 aliphatic heterocycles. The molecule has 1 saturated heterocycles. The first kappa shape index (κ1) is 12.6. The molecule has 1 aliphatic rings. The van der Waals surface area contributed by atoms with Crippen molar-refractivity contribution in [2.24, 2.45) is 16.8 Å². The van der Waals surface area contributed by atoms with E-state index in [2.05, 4.69) is 15.1 Å². The number of nitrogens with two attached hydrogens (primary N) is 1. The van der Waals surface area contributed by atoms with Crippen LogP contribution < -0.4 is 10.6 Å². The van der Waals surface area contributed by atoms with Crippen molar-refractivity contribution in [2.75, 3.05) is 18.0 Å². The van der Waals surface area contributed by atoms with E-state index in [0.29, 0.717) is 18.1 Å². The summed E-state index contributed by atoms with van der Waals surface area (Å²) in [6.45, 7) is 3.26. The monoisotopic (exact) mass is 251 g/mol. The highest BCUT2D eigenvalue weighted by Gasteiger charge is 2.27. The van der Waals surface area contributed by atoms with Crippen LogP contribution in [0.1, 0.15) is 19.0 Å². The highest BCUT2D eigenvalue weighted by atomic mass is 16.4. The number of amidine groups is 1. The molecule has 0 aliphatic carbocycles. The second-order valence-corrected chi connectivity index (χ2v) is 4.49. The van der Waals surface area contributed by atoms with Gasteiger partial charge in [0.1, 0.15) is 0 Å². The molecule has 0 amide bonds. The second kappa shape index (κ2) is 5.18. The van der Waals surface area contributed by atoms with Gasteiger partial charge in [0.05, 0.1) is 6.10 Å². The van der Waals surface area contributed by atoms with Gasteiger partial charge in [-0.3, -0.25) is 0 Å². The SMILES string of the molecule is CC1CCN(c2nccnc2C(N)=NO)CC1O. The van der Waals surface area contributed by atoms with Gasteiger partial charge in [0.15, 0.2) is 17.3 Å². The molecule has 1 aromatic heterocycles. The standard InChI is InChI=1S/C11H17N5O2/c1-7-2-5-16(6-8(7)17)11-9(10(12)15-18)13-3-4-14-11/h3-4,7-8,17-18H,2,5-6H2,1H3,(H2,12,15). The summed E-state index contributed by atoms with van der Waals surface area (Å²) in [5.41, 5.74) is 5.91. The Balaban J connectivity index is 2.28. The lowest BCUT2D eigenvalue weighted by Gasteiger charge is -2.35. The van der Waals surface area contributed by atoms with Crippen LogP contribution >= 0.6 is 0 Å². The predicted octanol–water partition coefficient (Wildman–Crippen LogP) is -0.222. The maximum Gasteiger partial charge on any atom is 0.192 e. The summed E-state index contributed by atoms with van der Waals surface area (Å²) >= 11 is 0. The third kappa shape index (κ3) is 2.35. The largest absolute Gasteiger partial charge is 0.409 e. The van der Waals surface area contributed by atoms with Gasteiger partial charge < -0.3 is 20.9 Å². The predicted molar refractivity (Wildman–Crippen MR) is 66.5 cm³/mol. The molecule has 0 bridgehead atoms. The fourth-order valence-electron chi connectivity index (χ4n) is 2.03. The number of hydrogen-bond acceptors (Lipinski definition) is 6. The molecule has 98 valence electrons. The van der Waals surface area contributed by atoms with E-state index in [-0.39, 0.29) is 11.8 Å². The Morgan fingerprint density at radius 1 is 1.50 bits per heavy atom. The number of aliphatic hydroxyl groups excluding tert-OH is 1. The van der Waals surface area contributed by atoms with Crippen molar-refractivity contribution < 1.29 is 10.3 Å². The molecule has 7 heteroatoms. The molecule has 1 fully saturated rings. The molecule has 2 rings (SSSR count). The summed E-state index contributed by atoms with van der Waals surface area (Å²) in [5, 5.41) is 21.6. The Kier molecular flexibility index (Phi) is 3.61. The van der Waals surface area contributed by atoms with Crippen LogP contribution in [-0.2, 0) is 0 Å². The number of β-amino-alcohol motifs (C(OH)–C–C–N with tert-alkyl or cyclic N) is 1. The van der Waals surface area contributed by atoms with Crippen molar-refractivity contribution in [3.8, 4) is 0 Å². The number of rotatable bonds is 2. The minimum absolute atomic E-state index is 0.0776. The Morgan fingerprint density at radius 3 is 2.89 bits per heavy atom. The number of oxime groups is 1. The van der Waals surface area contributed by atoms with E-state index in [0.717, 1.165) is 13.0 Å². The highest BCUT2D eigenvalue weighted by molar-refractivity contribution is 5.99. The highest BCUT2D eigenvalue weighted by Crippen LogP contribution is 2.23. The minimum atomic E-state index is -0.402. The van der Waals surface area contributed by atoms with Crippen LogP contribution in [0.2, 0.25) is 0 Å². The smallest absolute Gasteiger partial charge is 0.192 e. The fourth-order valence-corrected chi connectivity index (χ4v) is 2.03. The average molecular weight is 251 g/mol. The fraction of sp³-hybridized carbons (Fsp3) is 0.545. The molecular formula is C11H17N5O2. The van der Waals surface area contributed by atoms with Gasteiger partial charge in [0.2, 0.25) is 0 Å². The van der Waals surface area contributed by atoms with E-state index in [1.54, 1.807) is 6.20 Å². The first-order valence-electron chi connectivity index (χ1n) is 5.85. The van der Waals surface area contributed by atoms with Crippen LogP contribution in [0.15, 0.2) is 17.5 Å². The maximum atomic E-state index is 9.90. The topological polar surface area (TPSA) is 108 Å². The second-order valence-electron chi connectivity index (χ2n) is 4.49. The lowest BCUT2D eigenvalue weighted by atomic mass is 9.96. The zero-order chi connectivity index (χ0) is 13.1. The Hall–Kier alpha value is -1.89. The normalized spacial score (nSPS) is 25.2. The maximum absolute atomic E-state index is 9.90. The van der Waals surface area contributed by atoms with Crippen LogP contribution in [0.25, 0.3) is 0 Å². The van der Waals surface area contributed by atoms with E-state index in [1.165, 1.54) is 6.20 Å². The van der Waals surface area contributed by atoms with Crippen molar-refractivity contribution in [2.45, 2.75) is 19.4 Å². The molecule has 2 unspecified atom stereocenters. The third-order valence-corrected chi connectivity index (χ3v) is 3.25. The molecule has 0 radical (unpaired) electrons. The van der Waals surface area contributed by atoms with E-state index < -0.39 is 6.10 Å². The zero-order valence-electron chi connectivity index (χ0n) is 10.2. The lowest BCUT2D eigenvalue weighted by molar-refractivity contribution is 0.102. The minimum Gasteiger partial charge on any atom is -0.409 e. The van der Waals surface area contributed by atoms with Gasteiger partial charge >= 0.3 is 0 Å². The van der Waals surface area contributed by atoms with E-state index >= 15 is 0 Å². The molecule has 1 aromatic rings. The number of anilines is 1. The van der Waals surface area contributed by atoms with Crippen LogP contribution in [0.4, 0.5) is 5.82 Å². The van der Waals surface area contributed by atoms with Crippen molar-refractivity contribution in [3.05, 3.63) is 18.1 Å². The Morgan fingerprint density at radius 2 is 2.22 bits per heavy atom. The summed E-state index contributed by atoms with van der Waals surface area (Å²) in [6.07, 6.45) is 3.50. The van der Waals surface area contributed by atoms with E-state index in [4.69, 9.17) is 10.9 Å². The number of nitrogens with zero attached hydrogens (tertiary/aromatic N) is 4. The zero-order valence-corrected chi connectivity index (χ0v) is 10.2. The lowest BCUT2D eigenvalue weighted by Crippen LogP contribution is -2.44. The number of aromatic nitrogens is 2. The number of aliphatic hydroxyl groups is 1. The average Bonchev–Trinajstić information content (AvgIpc) is 2.41. The summed E-state index contributed by atoms with van der Waals surface area (Å²) in [7, 11) is 0. The molecule has 0 saturated carbocycles. The van der Waals surface area contributed by atoms with Crippen molar-refractivity contribution in [1.82, 2.24) is 9.97 Å². The first-order valence-corrected chi connectivity index (χ1v) is 5.85. The van der Waals surface area contributed by atoms with Crippen LogP contribution in [0.5, 0.6) is 0 Å². The Bertz CT molecular complexity index is 451.